The van der Waals surface area contributed by atoms with E-state index in [0.29, 0.717) is 18.3 Å². The van der Waals surface area contributed by atoms with Crippen LogP contribution in [0.25, 0.3) is 0 Å². The van der Waals surface area contributed by atoms with E-state index in [1.54, 1.807) is 0 Å². The molecule has 2 rings (SSSR count). The van der Waals surface area contributed by atoms with Gasteiger partial charge in [-0.3, -0.25) is 10.1 Å². The summed E-state index contributed by atoms with van der Waals surface area (Å²) >= 11 is 0. The lowest BCUT2D eigenvalue weighted by Crippen LogP contribution is -2.33. The van der Waals surface area contributed by atoms with Crippen molar-refractivity contribution < 1.29 is 4.92 Å². The predicted molar refractivity (Wildman–Crippen MR) is 69.7 cm³/mol. The number of rotatable bonds is 4. The summed E-state index contributed by atoms with van der Waals surface area (Å²) in [6.07, 6.45) is 3.45. The van der Waals surface area contributed by atoms with Crippen molar-refractivity contribution in [3.63, 3.8) is 0 Å². The van der Waals surface area contributed by atoms with E-state index < -0.39 is 4.92 Å². The van der Waals surface area contributed by atoms with Gasteiger partial charge in [-0.15, -0.1) is 0 Å². The Morgan fingerprint density at radius 2 is 2.53 bits per heavy atom. The molecule has 1 saturated heterocycles. The van der Waals surface area contributed by atoms with E-state index in [4.69, 9.17) is 5.26 Å². The zero-order valence-electron chi connectivity index (χ0n) is 10.4. The Balaban J connectivity index is 2.03. The molecule has 0 spiro atoms. The van der Waals surface area contributed by atoms with Gasteiger partial charge in [-0.05, 0) is 31.8 Å². The molecular weight excluding hydrogens is 246 g/mol. The minimum absolute atomic E-state index is 0.165. The van der Waals surface area contributed by atoms with Gasteiger partial charge in [0.15, 0.2) is 0 Å². The predicted octanol–water partition coefficient (Wildman–Crippen LogP) is 1.27. The van der Waals surface area contributed by atoms with Crippen LogP contribution in [-0.2, 0) is 0 Å². The van der Waals surface area contributed by atoms with Crippen molar-refractivity contribution in [2.75, 3.05) is 25.0 Å². The van der Waals surface area contributed by atoms with Crippen LogP contribution < -0.4 is 10.6 Å². The summed E-state index contributed by atoms with van der Waals surface area (Å²) in [6.45, 7) is 2.71. The molecule has 1 aromatic rings. The molecule has 0 bridgehead atoms. The number of hydrogen-bond acceptors (Lipinski definition) is 6. The zero-order valence-corrected chi connectivity index (χ0v) is 10.4. The third-order valence-corrected chi connectivity index (χ3v) is 3.16. The maximum Gasteiger partial charge on any atom is 0.289 e. The Morgan fingerprint density at radius 1 is 1.68 bits per heavy atom. The van der Waals surface area contributed by atoms with Crippen LogP contribution in [0.5, 0.6) is 0 Å². The summed E-state index contributed by atoms with van der Waals surface area (Å²) in [5.41, 5.74) is 0.0411. The average molecular weight is 261 g/mol. The molecule has 19 heavy (non-hydrogen) atoms. The van der Waals surface area contributed by atoms with Crippen molar-refractivity contribution in [3.05, 3.63) is 27.9 Å². The maximum absolute atomic E-state index is 10.6. The third kappa shape index (κ3) is 3.39. The fourth-order valence-electron chi connectivity index (χ4n) is 2.12. The maximum atomic E-state index is 10.6. The second-order valence-corrected chi connectivity index (χ2v) is 4.55. The van der Waals surface area contributed by atoms with Crippen molar-refractivity contribution in [2.24, 2.45) is 5.92 Å². The molecule has 1 aliphatic heterocycles. The Bertz CT molecular complexity index is 505. The van der Waals surface area contributed by atoms with Gasteiger partial charge in [-0.2, -0.15) is 5.26 Å². The number of piperidine rings is 1. The lowest BCUT2D eigenvalue weighted by atomic mass is 10.00. The Labute approximate surface area is 110 Å². The second kappa shape index (κ2) is 6.11. The van der Waals surface area contributed by atoms with E-state index in [2.05, 4.69) is 15.6 Å². The van der Waals surface area contributed by atoms with Gasteiger partial charge >= 0.3 is 0 Å². The summed E-state index contributed by atoms with van der Waals surface area (Å²) < 4.78 is 0. The molecule has 1 aliphatic rings. The molecule has 1 unspecified atom stereocenters. The first-order valence-corrected chi connectivity index (χ1v) is 6.20. The molecule has 1 fully saturated rings. The standard InChI is InChI=1S/C12H15N5O2/c13-5-10-4-11(17(18)19)8-16-12(10)15-7-9-2-1-3-14-6-9/h4,8-9,14H,1-3,6-7H2,(H,15,16). The second-order valence-electron chi connectivity index (χ2n) is 4.55. The molecule has 2 N–H and O–H groups in total. The number of nitrogens with one attached hydrogen (secondary N) is 2. The lowest BCUT2D eigenvalue weighted by Gasteiger charge is -2.23. The van der Waals surface area contributed by atoms with Crippen molar-refractivity contribution in [1.29, 1.82) is 5.26 Å². The van der Waals surface area contributed by atoms with Crippen molar-refractivity contribution in [1.82, 2.24) is 10.3 Å². The van der Waals surface area contributed by atoms with Crippen LogP contribution >= 0.6 is 0 Å². The van der Waals surface area contributed by atoms with Crippen LogP contribution in [0.2, 0.25) is 0 Å². The van der Waals surface area contributed by atoms with Crippen molar-refractivity contribution in [2.45, 2.75) is 12.8 Å². The highest BCUT2D eigenvalue weighted by Crippen LogP contribution is 2.19. The molecule has 7 nitrogen and oxygen atoms in total. The molecule has 0 radical (unpaired) electrons. The lowest BCUT2D eigenvalue weighted by molar-refractivity contribution is -0.385. The fraction of sp³-hybridized carbons (Fsp3) is 0.500. The molecule has 2 heterocycles. The summed E-state index contributed by atoms with van der Waals surface area (Å²) in [6, 6.07) is 3.18. The minimum Gasteiger partial charge on any atom is -0.369 e. The van der Waals surface area contributed by atoms with Crippen LogP contribution in [0.4, 0.5) is 11.5 Å². The summed E-state index contributed by atoms with van der Waals surface area (Å²) in [5, 5.41) is 26.0. The number of nitrogens with zero attached hydrogens (tertiary/aromatic N) is 3. The first-order valence-electron chi connectivity index (χ1n) is 6.20. The monoisotopic (exact) mass is 261 g/mol. The van der Waals surface area contributed by atoms with Crippen LogP contribution in [-0.4, -0.2) is 29.5 Å². The van der Waals surface area contributed by atoms with Crippen molar-refractivity contribution >= 4 is 11.5 Å². The normalized spacial score (nSPS) is 18.6. The average Bonchev–Trinajstić information content (AvgIpc) is 2.45. The van der Waals surface area contributed by atoms with Gasteiger partial charge in [0.25, 0.3) is 5.69 Å². The molecule has 100 valence electrons. The molecule has 0 saturated carbocycles. The molecule has 1 atom stereocenters. The SMILES string of the molecule is N#Cc1cc([N+](=O)[O-])cnc1NCC1CCCNC1. The van der Waals surface area contributed by atoms with E-state index in [1.807, 2.05) is 6.07 Å². The van der Waals surface area contributed by atoms with Crippen LogP contribution in [0.3, 0.4) is 0 Å². The molecule has 1 aromatic heterocycles. The topological polar surface area (TPSA) is 104 Å². The number of aromatic nitrogens is 1. The van der Waals surface area contributed by atoms with E-state index in [0.717, 1.165) is 25.9 Å². The Morgan fingerprint density at radius 3 is 3.16 bits per heavy atom. The number of pyridine rings is 1. The number of anilines is 1. The third-order valence-electron chi connectivity index (χ3n) is 3.16. The van der Waals surface area contributed by atoms with E-state index in [-0.39, 0.29) is 11.3 Å². The molecule has 0 aliphatic carbocycles. The van der Waals surface area contributed by atoms with Gasteiger partial charge in [0.05, 0.1) is 4.92 Å². The largest absolute Gasteiger partial charge is 0.369 e. The summed E-state index contributed by atoms with van der Waals surface area (Å²) in [4.78, 5) is 14.0. The Hall–Kier alpha value is -2.20. The van der Waals surface area contributed by atoms with Gasteiger partial charge in [-0.25, -0.2) is 4.98 Å². The summed E-state index contributed by atoms with van der Waals surface area (Å²) in [5.74, 6) is 0.913. The number of nitro groups is 1. The molecular formula is C12H15N5O2. The van der Waals surface area contributed by atoms with Crippen molar-refractivity contribution in [3.8, 4) is 6.07 Å². The zero-order chi connectivity index (χ0) is 13.7. The van der Waals surface area contributed by atoms with Crippen LogP contribution in [0, 0.1) is 27.4 Å². The molecule has 0 amide bonds. The van der Waals surface area contributed by atoms with Crippen LogP contribution in [0.15, 0.2) is 12.3 Å². The van der Waals surface area contributed by atoms with E-state index in [9.17, 15) is 10.1 Å². The first kappa shape index (κ1) is 13.2. The smallest absolute Gasteiger partial charge is 0.289 e. The van der Waals surface area contributed by atoms with Gasteiger partial charge in [0.2, 0.25) is 0 Å². The van der Waals surface area contributed by atoms with Crippen LogP contribution in [0.1, 0.15) is 18.4 Å². The Kier molecular flexibility index (Phi) is 4.26. The highest BCUT2D eigenvalue weighted by atomic mass is 16.6. The van der Waals surface area contributed by atoms with E-state index in [1.165, 1.54) is 12.3 Å². The quantitative estimate of drug-likeness (QED) is 0.625. The number of hydrogen-bond donors (Lipinski definition) is 2. The molecule has 0 aromatic carbocycles. The number of nitriles is 1. The van der Waals surface area contributed by atoms with Gasteiger partial charge in [0.1, 0.15) is 23.6 Å². The minimum atomic E-state index is -0.553. The fourth-order valence-corrected chi connectivity index (χ4v) is 2.12. The first-order chi connectivity index (χ1) is 9.20. The van der Waals surface area contributed by atoms with Gasteiger partial charge < -0.3 is 10.6 Å². The van der Waals surface area contributed by atoms with Gasteiger partial charge in [0, 0.05) is 12.6 Å². The van der Waals surface area contributed by atoms with E-state index >= 15 is 0 Å². The highest BCUT2D eigenvalue weighted by molar-refractivity contribution is 5.55. The molecule has 7 heteroatoms. The highest BCUT2D eigenvalue weighted by Gasteiger charge is 2.15. The van der Waals surface area contributed by atoms with Gasteiger partial charge in [-0.1, -0.05) is 0 Å². The summed E-state index contributed by atoms with van der Waals surface area (Å²) in [7, 11) is 0.